The first-order chi connectivity index (χ1) is 12.7. The van der Waals surface area contributed by atoms with Gasteiger partial charge in [0, 0.05) is 0 Å². The second kappa shape index (κ2) is 7.12. The van der Waals surface area contributed by atoms with Crippen molar-refractivity contribution in [1.82, 2.24) is 15.3 Å². The molecule has 26 heavy (non-hydrogen) atoms. The van der Waals surface area contributed by atoms with Gasteiger partial charge in [-0.2, -0.15) is 4.98 Å². The highest BCUT2D eigenvalue weighted by atomic mass is 16.5. The number of ether oxygens (including phenoxy) is 1. The van der Waals surface area contributed by atoms with Gasteiger partial charge >= 0.3 is 0 Å². The zero-order valence-corrected chi connectivity index (χ0v) is 14.7. The highest BCUT2D eigenvalue weighted by molar-refractivity contribution is 5.84. The molecule has 5 heteroatoms. The van der Waals surface area contributed by atoms with Crippen LogP contribution in [0.2, 0.25) is 0 Å². The van der Waals surface area contributed by atoms with Gasteiger partial charge in [-0.25, -0.2) is 4.98 Å². The van der Waals surface area contributed by atoms with E-state index in [1.165, 1.54) is 11.1 Å². The standard InChI is InChI=1S/C21H21N3O2/c1-14-22-19-11-5-4-10-17(19)21(23-14)26-13-20(25)24-18-12-6-8-15-7-2-3-9-16(15)18/h2-5,7,9-11,18H,6,8,12-13H2,1H3,(H,24,25)/t18-/m0/s1. The smallest absolute Gasteiger partial charge is 0.258 e. The summed E-state index contributed by atoms with van der Waals surface area (Å²) in [7, 11) is 0. The highest BCUT2D eigenvalue weighted by Crippen LogP contribution is 2.29. The second-order valence-electron chi connectivity index (χ2n) is 6.59. The summed E-state index contributed by atoms with van der Waals surface area (Å²) in [6, 6.07) is 16.0. The lowest BCUT2D eigenvalue weighted by atomic mass is 9.88. The van der Waals surface area contributed by atoms with Crippen molar-refractivity contribution in [3.63, 3.8) is 0 Å². The van der Waals surface area contributed by atoms with Crippen LogP contribution in [0, 0.1) is 6.92 Å². The minimum atomic E-state index is -0.132. The Morgan fingerprint density at radius 2 is 1.96 bits per heavy atom. The van der Waals surface area contributed by atoms with Gasteiger partial charge in [0.25, 0.3) is 5.91 Å². The molecule has 1 aromatic heterocycles. The van der Waals surface area contributed by atoms with Gasteiger partial charge < -0.3 is 10.1 Å². The van der Waals surface area contributed by atoms with Crippen molar-refractivity contribution < 1.29 is 9.53 Å². The van der Waals surface area contributed by atoms with Gasteiger partial charge in [0.05, 0.1) is 16.9 Å². The number of aryl methyl sites for hydroxylation is 2. The Morgan fingerprint density at radius 3 is 2.88 bits per heavy atom. The first kappa shape index (κ1) is 16.5. The number of amides is 1. The van der Waals surface area contributed by atoms with Gasteiger partial charge in [-0.05, 0) is 49.4 Å². The number of para-hydroxylation sites is 1. The molecule has 0 saturated heterocycles. The Kier molecular flexibility index (Phi) is 4.52. The van der Waals surface area contributed by atoms with E-state index in [9.17, 15) is 4.79 Å². The maximum absolute atomic E-state index is 12.4. The molecule has 4 rings (SSSR count). The normalized spacial score (nSPS) is 16.1. The molecule has 132 valence electrons. The van der Waals surface area contributed by atoms with Crippen molar-refractivity contribution in [2.75, 3.05) is 6.61 Å². The van der Waals surface area contributed by atoms with Gasteiger partial charge in [-0.3, -0.25) is 4.79 Å². The van der Waals surface area contributed by atoms with Crippen LogP contribution in [0.15, 0.2) is 48.5 Å². The van der Waals surface area contributed by atoms with Crippen LogP contribution >= 0.6 is 0 Å². The molecule has 1 aliphatic carbocycles. The molecule has 1 atom stereocenters. The molecule has 0 radical (unpaired) electrons. The van der Waals surface area contributed by atoms with Crippen LogP contribution in [0.25, 0.3) is 10.9 Å². The number of rotatable bonds is 4. The lowest BCUT2D eigenvalue weighted by Gasteiger charge is -2.26. The topological polar surface area (TPSA) is 64.1 Å². The lowest BCUT2D eigenvalue weighted by Crippen LogP contribution is -2.34. The van der Waals surface area contributed by atoms with E-state index in [1.807, 2.05) is 37.3 Å². The van der Waals surface area contributed by atoms with Crippen LogP contribution in [0.3, 0.4) is 0 Å². The molecule has 0 saturated carbocycles. The third-order valence-corrected chi connectivity index (χ3v) is 4.72. The fourth-order valence-corrected chi connectivity index (χ4v) is 3.54. The average Bonchev–Trinajstić information content (AvgIpc) is 2.66. The molecule has 1 amide bonds. The Bertz CT molecular complexity index is 955. The summed E-state index contributed by atoms with van der Waals surface area (Å²) in [6.07, 6.45) is 3.11. The number of nitrogens with zero attached hydrogens (tertiary/aromatic N) is 2. The number of nitrogens with one attached hydrogen (secondary N) is 1. The minimum Gasteiger partial charge on any atom is -0.467 e. The molecule has 5 nitrogen and oxygen atoms in total. The van der Waals surface area contributed by atoms with Gasteiger partial charge in [0.1, 0.15) is 5.82 Å². The molecule has 0 aliphatic heterocycles. The number of benzene rings is 2. The number of hydrogen-bond donors (Lipinski definition) is 1. The quantitative estimate of drug-likeness (QED) is 0.784. The first-order valence-electron chi connectivity index (χ1n) is 8.94. The van der Waals surface area contributed by atoms with Crippen LogP contribution in [0.1, 0.15) is 35.8 Å². The summed E-state index contributed by atoms with van der Waals surface area (Å²) in [5, 5.41) is 3.91. The Morgan fingerprint density at radius 1 is 1.15 bits per heavy atom. The van der Waals surface area contributed by atoms with Crippen LogP contribution < -0.4 is 10.1 Å². The number of carbonyl (C=O) groups is 1. The molecule has 0 bridgehead atoms. The van der Waals surface area contributed by atoms with Crippen molar-refractivity contribution in [1.29, 1.82) is 0 Å². The summed E-state index contributed by atoms with van der Waals surface area (Å²) in [6.45, 7) is 1.76. The van der Waals surface area contributed by atoms with Gasteiger partial charge in [-0.15, -0.1) is 0 Å². The maximum Gasteiger partial charge on any atom is 0.258 e. The monoisotopic (exact) mass is 347 g/mol. The minimum absolute atomic E-state index is 0.0555. The number of aromatic nitrogens is 2. The van der Waals surface area contributed by atoms with Crippen LogP contribution in [-0.2, 0) is 11.2 Å². The molecule has 0 spiro atoms. The highest BCUT2D eigenvalue weighted by Gasteiger charge is 2.21. The summed E-state index contributed by atoms with van der Waals surface area (Å²) >= 11 is 0. The predicted molar refractivity (Wildman–Crippen MR) is 100 cm³/mol. The van der Waals surface area contributed by atoms with Crippen molar-refractivity contribution in [3.05, 3.63) is 65.5 Å². The number of hydrogen-bond acceptors (Lipinski definition) is 4. The van der Waals surface area contributed by atoms with E-state index in [0.29, 0.717) is 11.7 Å². The van der Waals surface area contributed by atoms with Crippen LogP contribution in [0.4, 0.5) is 0 Å². The van der Waals surface area contributed by atoms with Gasteiger partial charge in [-0.1, -0.05) is 36.4 Å². The molecule has 0 fully saturated rings. The SMILES string of the molecule is Cc1nc(OCC(=O)N[C@H]2CCCc3ccccc32)c2ccccc2n1. The molecular formula is C21H21N3O2. The van der Waals surface area contributed by atoms with Crippen LogP contribution in [0.5, 0.6) is 5.88 Å². The van der Waals surface area contributed by atoms with E-state index >= 15 is 0 Å². The van der Waals surface area contributed by atoms with Crippen molar-refractivity contribution >= 4 is 16.8 Å². The van der Waals surface area contributed by atoms with Crippen molar-refractivity contribution in [2.45, 2.75) is 32.2 Å². The third kappa shape index (κ3) is 3.38. The molecule has 1 heterocycles. The third-order valence-electron chi connectivity index (χ3n) is 4.72. The number of carbonyl (C=O) groups excluding carboxylic acids is 1. The zero-order valence-electron chi connectivity index (χ0n) is 14.7. The molecule has 0 unspecified atom stereocenters. The Labute approximate surface area is 152 Å². The van der Waals surface area contributed by atoms with E-state index in [1.54, 1.807) is 0 Å². The molecule has 2 aromatic carbocycles. The zero-order chi connectivity index (χ0) is 17.9. The van der Waals surface area contributed by atoms with E-state index < -0.39 is 0 Å². The van der Waals surface area contributed by atoms with Gasteiger partial charge in [0.15, 0.2) is 6.61 Å². The lowest BCUT2D eigenvalue weighted by molar-refractivity contribution is -0.124. The van der Waals surface area contributed by atoms with Gasteiger partial charge in [0.2, 0.25) is 5.88 Å². The van der Waals surface area contributed by atoms with E-state index in [0.717, 1.165) is 30.2 Å². The number of fused-ring (bicyclic) bond motifs is 2. The Hall–Kier alpha value is -2.95. The van der Waals surface area contributed by atoms with E-state index in [-0.39, 0.29) is 18.6 Å². The summed E-state index contributed by atoms with van der Waals surface area (Å²) in [4.78, 5) is 21.2. The summed E-state index contributed by atoms with van der Waals surface area (Å²) in [5.41, 5.74) is 3.36. The largest absolute Gasteiger partial charge is 0.467 e. The second-order valence-corrected chi connectivity index (χ2v) is 6.59. The van der Waals surface area contributed by atoms with Crippen LogP contribution in [-0.4, -0.2) is 22.5 Å². The van der Waals surface area contributed by atoms with E-state index in [2.05, 4.69) is 33.5 Å². The maximum atomic E-state index is 12.4. The fourth-order valence-electron chi connectivity index (χ4n) is 3.54. The molecule has 3 aromatic rings. The van der Waals surface area contributed by atoms with Crippen molar-refractivity contribution in [2.24, 2.45) is 0 Å². The summed E-state index contributed by atoms with van der Waals surface area (Å²) in [5.74, 6) is 0.944. The fraction of sp³-hybridized carbons (Fsp3) is 0.286. The van der Waals surface area contributed by atoms with Crippen molar-refractivity contribution in [3.8, 4) is 5.88 Å². The predicted octanol–water partition coefficient (Wildman–Crippen LogP) is 3.51. The molecule has 1 N–H and O–H groups in total. The Balaban J connectivity index is 1.46. The molecular weight excluding hydrogens is 326 g/mol. The average molecular weight is 347 g/mol. The summed E-state index contributed by atoms with van der Waals surface area (Å²) < 4.78 is 5.73. The van der Waals surface area contributed by atoms with E-state index in [4.69, 9.17) is 4.74 Å². The first-order valence-corrected chi connectivity index (χ1v) is 8.94. The molecule has 1 aliphatic rings.